The van der Waals surface area contributed by atoms with Crippen LogP contribution < -0.4 is 4.90 Å². The number of hydrogen-bond donors (Lipinski definition) is 1. The molecule has 0 aliphatic carbocycles. The molecule has 1 N–H and O–H groups in total. The summed E-state index contributed by atoms with van der Waals surface area (Å²) in [4.78, 5) is 48.1. The van der Waals surface area contributed by atoms with E-state index in [1.165, 1.54) is 54.9 Å². The van der Waals surface area contributed by atoms with Crippen LogP contribution in [-0.2, 0) is 14.3 Å². The highest BCUT2D eigenvalue weighted by Crippen LogP contribution is 2.43. The number of ether oxygens (including phenoxy) is 1. The van der Waals surface area contributed by atoms with Crippen LogP contribution in [0.15, 0.2) is 67.0 Å². The number of Topliss-reactive ketones (excluding diaryl/α,β-unsaturated/α-hetero) is 1. The van der Waals surface area contributed by atoms with Gasteiger partial charge < -0.3 is 9.84 Å². The zero-order valence-corrected chi connectivity index (χ0v) is 18.7. The molecule has 10 heteroatoms. The molecule has 1 amide bonds. The van der Waals surface area contributed by atoms with Gasteiger partial charge in [-0.05, 0) is 36.8 Å². The fourth-order valence-electron chi connectivity index (χ4n) is 3.53. The van der Waals surface area contributed by atoms with Crippen LogP contribution in [0.1, 0.15) is 32.5 Å². The predicted octanol–water partition coefficient (Wildman–Crippen LogP) is 3.95. The van der Waals surface area contributed by atoms with Gasteiger partial charge in [-0.1, -0.05) is 36.1 Å². The highest BCUT2D eigenvalue weighted by Gasteiger charge is 2.48. The average molecular weight is 479 g/mol. The number of carbonyl (C=O) groups is 3. The van der Waals surface area contributed by atoms with Crippen molar-refractivity contribution in [3.8, 4) is 0 Å². The van der Waals surface area contributed by atoms with Crippen molar-refractivity contribution in [2.24, 2.45) is 0 Å². The zero-order chi connectivity index (χ0) is 24.4. The summed E-state index contributed by atoms with van der Waals surface area (Å²) in [5.74, 6) is -3.44. The van der Waals surface area contributed by atoms with E-state index in [4.69, 9.17) is 4.74 Å². The summed E-state index contributed by atoms with van der Waals surface area (Å²) in [6, 6.07) is 7.09. The summed E-state index contributed by atoms with van der Waals surface area (Å²) in [6.45, 7) is 5.07. The number of carbonyl (C=O) groups excluding carboxylic acids is 3. The summed E-state index contributed by atoms with van der Waals surface area (Å²) in [5.41, 5.74) is 0.776. The number of rotatable bonds is 6. The molecule has 2 aromatic heterocycles. The molecule has 1 unspecified atom stereocenters. The molecule has 1 atom stereocenters. The van der Waals surface area contributed by atoms with Gasteiger partial charge in [0.15, 0.2) is 5.13 Å². The predicted molar refractivity (Wildman–Crippen MR) is 123 cm³/mol. The van der Waals surface area contributed by atoms with Gasteiger partial charge >= 0.3 is 11.9 Å². The van der Waals surface area contributed by atoms with E-state index in [2.05, 4.69) is 16.5 Å². The van der Waals surface area contributed by atoms with Crippen molar-refractivity contribution >= 4 is 39.9 Å². The zero-order valence-electron chi connectivity index (χ0n) is 17.9. The molecule has 4 rings (SSSR count). The molecule has 0 spiro atoms. The number of nitrogens with zero attached hydrogens (tertiary/aromatic N) is 3. The Morgan fingerprint density at radius 1 is 1.24 bits per heavy atom. The lowest BCUT2D eigenvalue weighted by Crippen LogP contribution is -2.29. The van der Waals surface area contributed by atoms with Crippen molar-refractivity contribution in [2.45, 2.75) is 13.0 Å². The molecule has 0 radical (unpaired) electrons. The number of hydrogen-bond acceptors (Lipinski definition) is 8. The Bertz CT molecular complexity index is 1320. The number of halogens is 1. The normalized spacial score (nSPS) is 17.1. The topological polar surface area (TPSA) is 110 Å². The molecule has 1 fully saturated rings. The van der Waals surface area contributed by atoms with Crippen LogP contribution in [-0.4, -0.2) is 39.3 Å². The van der Waals surface area contributed by atoms with Crippen LogP contribution in [0.3, 0.4) is 0 Å². The van der Waals surface area contributed by atoms with Crippen molar-refractivity contribution in [2.75, 3.05) is 11.5 Å². The second-order valence-corrected chi connectivity index (χ2v) is 8.23. The summed E-state index contributed by atoms with van der Waals surface area (Å²) in [7, 11) is 0. The molecule has 1 saturated heterocycles. The third-order valence-corrected chi connectivity index (χ3v) is 6.23. The van der Waals surface area contributed by atoms with Crippen LogP contribution >= 0.6 is 11.3 Å². The number of pyridine rings is 1. The average Bonchev–Trinajstić information content (AvgIpc) is 3.35. The molecule has 0 bridgehead atoms. The summed E-state index contributed by atoms with van der Waals surface area (Å²) in [6.07, 6.45) is 4.29. The fourth-order valence-corrected chi connectivity index (χ4v) is 4.52. The van der Waals surface area contributed by atoms with E-state index in [1.54, 1.807) is 6.92 Å². The number of thiazole rings is 1. The molecule has 1 aliphatic rings. The van der Waals surface area contributed by atoms with Crippen molar-refractivity contribution < 1.29 is 28.6 Å². The molecule has 3 aromatic rings. The van der Waals surface area contributed by atoms with E-state index >= 15 is 0 Å². The number of aliphatic hydroxyl groups is 1. The largest absolute Gasteiger partial charge is 0.507 e. The number of ketones is 1. The lowest BCUT2D eigenvalue weighted by Gasteiger charge is -2.23. The van der Waals surface area contributed by atoms with E-state index in [0.717, 1.165) is 16.2 Å². The quantitative estimate of drug-likeness (QED) is 0.187. The third kappa shape index (κ3) is 4.11. The maximum absolute atomic E-state index is 13.6. The number of aromatic nitrogens is 2. The summed E-state index contributed by atoms with van der Waals surface area (Å²) >= 11 is 0.877. The maximum Gasteiger partial charge on any atom is 0.350 e. The van der Waals surface area contributed by atoms with Gasteiger partial charge in [0.2, 0.25) is 0 Å². The van der Waals surface area contributed by atoms with Gasteiger partial charge in [-0.15, -0.1) is 0 Å². The molecule has 34 heavy (non-hydrogen) atoms. The Balaban J connectivity index is 1.88. The van der Waals surface area contributed by atoms with E-state index in [1.807, 2.05) is 0 Å². The molecule has 1 aromatic carbocycles. The Kier molecular flexibility index (Phi) is 6.33. The number of anilines is 1. The highest BCUT2D eigenvalue weighted by molar-refractivity contribution is 7.17. The lowest BCUT2D eigenvalue weighted by atomic mass is 9.95. The second kappa shape index (κ2) is 9.36. The maximum atomic E-state index is 13.6. The number of esters is 1. The van der Waals surface area contributed by atoms with E-state index in [-0.39, 0.29) is 27.8 Å². The van der Waals surface area contributed by atoms with Gasteiger partial charge in [0.25, 0.3) is 5.78 Å². The van der Waals surface area contributed by atoms with Gasteiger partial charge in [-0.3, -0.25) is 19.5 Å². The first-order chi connectivity index (χ1) is 16.3. The SMILES string of the molecule is C=CCOC(=O)c1sc(N2C(=O)C(=O)/C(=C(/O)c3ccncc3)C2c2ccc(F)cc2)nc1C. The van der Waals surface area contributed by atoms with Gasteiger partial charge in [-0.25, -0.2) is 14.2 Å². The van der Waals surface area contributed by atoms with Gasteiger partial charge in [0, 0.05) is 18.0 Å². The fraction of sp³-hybridized carbons (Fsp3) is 0.125. The lowest BCUT2D eigenvalue weighted by molar-refractivity contribution is -0.132. The summed E-state index contributed by atoms with van der Waals surface area (Å²) in [5, 5.41) is 11.0. The van der Waals surface area contributed by atoms with E-state index < -0.39 is 35.3 Å². The molecule has 1 aliphatic heterocycles. The summed E-state index contributed by atoms with van der Waals surface area (Å²) < 4.78 is 18.7. The smallest absolute Gasteiger partial charge is 0.350 e. The monoisotopic (exact) mass is 479 g/mol. The Morgan fingerprint density at radius 3 is 2.56 bits per heavy atom. The standard InChI is InChI=1S/C24H18FN3O5S/c1-3-12-33-23(32)21-13(2)27-24(34-21)28-18(14-4-6-16(25)7-5-14)17(20(30)22(28)31)19(29)15-8-10-26-11-9-15/h3-11,18,29H,1,12H2,2H3/b19-17+. The molecule has 3 heterocycles. The highest BCUT2D eigenvalue weighted by atomic mass is 32.1. The van der Waals surface area contributed by atoms with Gasteiger partial charge in [0.1, 0.15) is 23.1 Å². The van der Waals surface area contributed by atoms with Crippen LogP contribution in [0.5, 0.6) is 0 Å². The van der Waals surface area contributed by atoms with Gasteiger partial charge in [0.05, 0.1) is 17.3 Å². The number of aryl methyl sites for hydroxylation is 1. The third-order valence-electron chi connectivity index (χ3n) is 5.09. The minimum atomic E-state index is -1.10. The van der Waals surface area contributed by atoms with Crippen molar-refractivity contribution in [1.82, 2.24) is 9.97 Å². The first-order valence-electron chi connectivity index (χ1n) is 10.1. The second-order valence-electron chi connectivity index (χ2n) is 7.25. The van der Waals surface area contributed by atoms with Crippen molar-refractivity contribution in [1.29, 1.82) is 0 Å². The van der Waals surface area contributed by atoms with E-state index in [9.17, 15) is 23.9 Å². The number of benzene rings is 1. The molecule has 8 nitrogen and oxygen atoms in total. The molecule has 0 saturated carbocycles. The van der Waals surface area contributed by atoms with Crippen LogP contribution in [0.4, 0.5) is 9.52 Å². The van der Waals surface area contributed by atoms with Crippen molar-refractivity contribution in [3.05, 3.63) is 94.5 Å². The van der Waals surface area contributed by atoms with Crippen LogP contribution in [0.2, 0.25) is 0 Å². The Hall–Kier alpha value is -4.18. The molecular weight excluding hydrogens is 461 g/mol. The molecule has 172 valence electrons. The van der Waals surface area contributed by atoms with Crippen molar-refractivity contribution in [3.63, 3.8) is 0 Å². The number of aliphatic hydroxyl groups excluding tert-OH is 1. The first-order valence-corrected chi connectivity index (χ1v) is 10.9. The van der Waals surface area contributed by atoms with E-state index in [0.29, 0.717) is 11.3 Å². The van der Waals surface area contributed by atoms with Gasteiger partial charge in [-0.2, -0.15) is 0 Å². The van der Waals surface area contributed by atoms with Crippen LogP contribution in [0, 0.1) is 12.7 Å². The minimum Gasteiger partial charge on any atom is -0.507 e. The van der Waals surface area contributed by atoms with Crippen LogP contribution in [0.25, 0.3) is 5.76 Å². The Morgan fingerprint density at radius 2 is 1.91 bits per heavy atom. The Labute approximate surface area is 197 Å². The molecular formula is C24H18FN3O5S. The first kappa shape index (κ1) is 23.0. The minimum absolute atomic E-state index is 0.00245. The number of amides is 1.